The van der Waals surface area contributed by atoms with Gasteiger partial charge in [0.15, 0.2) is 0 Å². The summed E-state index contributed by atoms with van der Waals surface area (Å²) in [7, 11) is -3.85. The van der Waals surface area contributed by atoms with Gasteiger partial charge in [-0.15, -0.1) is 0 Å². The maximum atomic E-state index is 13.1. The number of anilines is 1. The Bertz CT molecular complexity index is 782. The van der Waals surface area contributed by atoms with Crippen LogP contribution in [0.25, 0.3) is 0 Å². The van der Waals surface area contributed by atoms with Gasteiger partial charge < -0.3 is 5.73 Å². The van der Waals surface area contributed by atoms with E-state index in [1.807, 2.05) is 0 Å². The molecule has 0 aliphatic rings. The number of nitrogens with two attached hydrogens (primary N) is 1. The van der Waals surface area contributed by atoms with E-state index in [-0.39, 0.29) is 27.2 Å². The Morgan fingerprint density at radius 3 is 2.38 bits per heavy atom. The number of nitrogens with one attached hydrogen (secondary N) is 1. The lowest BCUT2D eigenvalue weighted by Gasteiger charge is -2.10. The van der Waals surface area contributed by atoms with Crippen LogP contribution < -0.4 is 10.5 Å². The average molecular weight is 349 g/mol. The predicted octanol–water partition coefficient (Wildman–Crippen LogP) is 3.39. The fourth-order valence-electron chi connectivity index (χ4n) is 1.63. The standard InChI is InChI=1S/C13H11Cl2FN2O2S/c14-11-6-10(3-1-8(11)7-17)21(19,20)18-9-2-4-13(16)12(15)5-9/h1-6,18H,7,17H2. The van der Waals surface area contributed by atoms with Crippen molar-refractivity contribution in [2.24, 2.45) is 5.73 Å². The van der Waals surface area contributed by atoms with Gasteiger partial charge in [0, 0.05) is 11.6 Å². The molecule has 0 aliphatic carbocycles. The maximum absolute atomic E-state index is 13.1. The van der Waals surface area contributed by atoms with Gasteiger partial charge >= 0.3 is 0 Å². The molecular weight excluding hydrogens is 338 g/mol. The van der Waals surface area contributed by atoms with Crippen LogP contribution >= 0.6 is 23.2 Å². The quantitative estimate of drug-likeness (QED) is 0.889. The van der Waals surface area contributed by atoms with Gasteiger partial charge in [0.2, 0.25) is 0 Å². The highest BCUT2D eigenvalue weighted by Crippen LogP contribution is 2.24. The van der Waals surface area contributed by atoms with Crippen molar-refractivity contribution in [1.82, 2.24) is 0 Å². The van der Waals surface area contributed by atoms with Gasteiger partial charge in [-0.05, 0) is 35.9 Å². The smallest absolute Gasteiger partial charge is 0.261 e. The minimum atomic E-state index is -3.85. The molecule has 3 N–H and O–H groups in total. The molecule has 112 valence electrons. The van der Waals surface area contributed by atoms with Crippen LogP contribution in [0.2, 0.25) is 10.0 Å². The van der Waals surface area contributed by atoms with Crippen LogP contribution in [0.3, 0.4) is 0 Å². The van der Waals surface area contributed by atoms with Crippen LogP contribution in [0, 0.1) is 5.82 Å². The molecule has 0 amide bonds. The van der Waals surface area contributed by atoms with Crippen molar-refractivity contribution in [2.45, 2.75) is 11.4 Å². The van der Waals surface area contributed by atoms with Crippen LogP contribution in [0.4, 0.5) is 10.1 Å². The van der Waals surface area contributed by atoms with Crippen molar-refractivity contribution in [3.8, 4) is 0 Å². The van der Waals surface area contributed by atoms with E-state index in [4.69, 9.17) is 28.9 Å². The van der Waals surface area contributed by atoms with Gasteiger partial charge in [0.1, 0.15) is 5.82 Å². The van der Waals surface area contributed by atoms with Gasteiger partial charge in [0.05, 0.1) is 15.6 Å². The third-order valence-corrected chi connectivity index (χ3v) is 4.75. The van der Waals surface area contributed by atoms with E-state index in [9.17, 15) is 12.8 Å². The van der Waals surface area contributed by atoms with Crippen molar-refractivity contribution in [3.05, 3.63) is 57.8 Å². The first-order valence-electron chi connectivity index (χ1n) is 5.80. The molecule has 0 saturated carbocycles. The first-order valence-corrected chi connectivity index (χ1v) is 8.04. The molecule has 0 aliphatic heterocycles. The number of sulfonamides is 1. The maximum Gasteiger partial charge on any atom is 0.261 e. The van der Waals surface area contributed by atoms with Gasteiger partial charge in [-0.25, -0.2) is 12.8 Å². The third-order valence-electron chi connectivity index (χ3n) is 2.73. The van der Waals surface area contributed by atoms with Crippen LogP contribution in [-0.2, 0) is 16.6 Å². The van der Waals surface area contributed by atoms with Crippen LogP contribution in [0.5, 0.6) is 0 Å². The molecule has 0 atom stereocenters. The summed E-state index contributed by atoms with van der Waals surface area (Å²) < 4.78 is 39.8. The van der Waals surface area contributed by atoms with Crippen molar-refractivity contribution < 1.29 is 12.8 Å². The summed E-state index contributed by atoms with van der Waals surface area (Å²) in [5.41, 5.74) is 6.26. The molecule has 0 fully saturated rings. The lowest BCUT2D eigenvalue weighted by Crippen LogP contribution is -2.13. The zero-order valence-corrected chi connectivity index (χ0v) is 12.9. The van der Waals surface area contributed by atoms with Crippen LogP contribution in [-0.4, -0.2) is 8.42 Å². The first kappa shape index (κ1) is 16.0. The van der Waals surface area contributed by atoms with E-state index in [2.05, 4.69) is 4.72 Å². The number of benzene rings is 2. The molecule has 2 aromatic rings. The largest absolute Gasteiger partial charge is 0.326 e. The summed E-state index contributed by atoms with van der Waals surface area (Å²) in [4.78, 5) is -0.0230. The monoisotopic (exact) mass is 348 g/mol. The van der Waals surface area contributed by atoms with Gasteiger partial charge in [-0.1, -0.05) is 29.3 Å². The van der Waals surface area contributed by atoms with Crippen LogP contribution in [0.1, 0.15) is 5.56 Å². The molecule has 0 saturated heterocycles. The molecule has 21 heavy (non-hydrogen) atoms. The van der Waals surface area contributed by atoms with Crippen molar-refractivity contribution >= 4 is 38.9 Å². The Morgan fingerprint density at radius 2 is 1.81 bits per heavy atom. The highest BCUT2D eigenvalue weighted by molar-refractivity contribution is 7.92. The highest BCUT2D eigenvalue weighted by Gasteiger charge is 2.16. The summed E-state index contributed by atoms with van der Waals surface area (Å²) in [6, 6.07) is 7.76. The second-order valence-corrected chi connectivity index (χ2v) is 6.69. The second kappa shape index (κ2) is 6.19. The summed E-state index contributed by atoms with van der Waals surface area (Å²) in [5, 5.41) is 0.0872. The minimum absolute atomic E-state index is 0.0230. The summed E-state index contributed by atoms with van der Waals surface area (Å²) >= 11 is 11.6. The molecule has 0 spiro atoms. The molecule has 0 heterocycles. The molecule has 2 aromatic carbocycles. The predicted molar refractivity (Wildman–Crippen MR) is 81.6 cm³/mol. The summed E-state index contributed by atoms with van der Waals surface area (Å²) in [6.45, 7) is 0.208. The third kappa shape index (κ3) is 3.65. The summed E-state index contributed by atoms with van der Waals surface area (Å²) in [5.74, 6) is -0.630. The Hall–Kier alpha value is -1.34. The molecule has 0 unspecified atom stereocenters. The Morgan fingerprint density at radius 1 is 1.10 bits per heavy atom. The average Bonchev–Trinajstić information content (AvgIpc) is 2.42. The fourth-order valence-corrected chi connectivity index (χ4v) is 3.21. The molecule has 0 radical (unpaired) electrons. The number of hydrogen-bond acceptors (Lipinski definition) is 3. The SMILES string of the molecule is NCc1ccc(S(=O)(=O)Nc2ccc(F)c(Cl)c2)cc1Cl. The van der Waals surface area contributed by atoms with Gasteiger partial charge in [-0.2, -0.15) is 0 Å². The molecule has 8 heteroatoms. The van der Waals surface area contributed by atoms with Crippen LogP contribution in [0.15, 0.2) is 41.3 Å². The molecule has 4 nitrogen and oxygen atoms in total. The zero-order chi connectivity index (χ0) is 15.6. The topological polar surface area (TPSA) is 72.2 Å². The lowest BCUT2D eigenvalue weighted by molar-refractivity contribution is 0.601. The first-order chi connectivity index (χ1) is 9.83. The second-order valence-electron chi connectivity index (χ2n) is 4.19. The molecule has 0 aromatic heterocycles. The van der Waals surface area contributed by atoms with Crippen molar-refractivity contribution in [3.63, 3.8) is 0 Å². The van der Waals surface area contributed by atoms with Crippen molar-refractivity contribution in [1.29, 1.82) is 0 Å². The van der Waals surface area contributed by atoms with E-state index >= 15 is 0 Å². The van der Waals surface area contributed by atoms with E-state index in [1.165, 1.54) is 30.3 Å². The number of rotatable bonds is 4. The molecular formula is C13H11Cl2FN2O2S. The van der Waals surface area contributed by atoms with Crippen molar-refractivity contribution in [2.75, 3.05) is 4.72 Å². The Kier molecular flexibility index (Phi) is 4.73. The van der Waals surface area contributed by atoms with Gasteiger partial charge in [-0.3, -0.25) is 4.72 Å². The number of hydrogen-bond donors (Lipinski definition) is 2. The van der Waals surface area contributed by atoms with E-state index in [1.54, 1.807) is 0 Å². The Balaban J connectivity index is 2.33. The molecule has 2 rings (SSSR count). The highest BCUT2D eigenvalue weighted by atomic mass is 35.5. The zero-order valence-electron chi connectivity index (χ0n) is 10.6. The lowest BCUT2D eigenvalue weighted by atomic mass is 10.2. The van der Waals surface area contributed by atoms with E-state index in [0.717, 1.165) is 6.07 Å². The van der Waals surface area contributed by atoms with E-state index < -0.39 is 15.8 Å². The minimum Gasteiger partial charge on any atom is -0.326 e. The number of halogens is 3. The van der Waals surface area contributed by atoms with Gasteiger partial charge in [0.25, 0.3) is 10.0 Å². The fraction of sp³-hybridized carbons (Fsp3) is 0.0769. The molecule has 0 bridgehead atoms. The normalized spacial score (nSPS) is 11.4. The summed E-state index contributed by atoms with van der Waals surface area (Å²) in [6.07, 6.45) is 0. The Labute approximate surface area is 131 Å². The van der Waals surface area contributed by atoms with E-state index in [0.29, 0.717) is 5.56 Å².